The molecule has 4 nitrogen and oxygen atoms in total. The molecule has 102 valence electrons. The van der Waals surface area contributed by atoms with E-state index in [1.54, 1.807) is 17.0 Å². The summed E-state index contributed by atoms with van der Waals surface area (Å²) in [5.41, 5.74) is 0.193. The van der Waals surface area contributed by atoms with Crippen molar-refractivity contribution in [1.29, 1.82) is 0 Å². The summed E-state index contributed by atoms with van der Waals surface area (Å²) in [5, 5.41) is 19.8. The molecule has 1 aromatic carbocycles. The molecule has 2 fully saturated rings. The maximum absolute atomic E-state index is 12.0. The predicted molar refractivity (Wildman–Crippen MR) is 70.7 cm³/mol. The van der Waals surface area contributed by atoms with Crippen molar-refractivity contribution < 1.29 is 15.0 Å². The van der Waals surface area contributed by atoms with Crippen molar-refractivity contribution in [2.45, 2.75) is 31.3 Å². The fourth-order valence-corrected chi connectivity index (χ4v) is 2.79. The number of phenols is 1. The fourth-order valence-electron chi connectivity index (χ4n) is 2.79. The number of rotatable bonds is 4. The first-order valence-electron chi connectivity index (χ1n) is 6.85. The lowest BCUT2D eigenvalue weighted by molar-refractivity contribution is -0.159. The Morgan fingerprint density at radius 3 is 2.63 bits per heavy atom. The molecule has 1 aliphatic carbocycles. The first-order valence-corrected chi connectivity index (χ1v) is 6.85. The van der Waals surface area contributed by atoms with E-state index >= 15 is 0 Å². The summed E-state index contributed by atoms with van der Waals surface area (Å²) in [6.07, 6.45) is 3.12. The highest BCUT2D eigenvalue weighted by Gasteiger charge is 2.52. The van der Waals surface area contributed by atoms with Crippen LogP contribution in [-0.4, -0.2) is 39.7 Å². The Kier molecular flexibility index (Phi) is 2.97. The van der Waals surface area contributed by atoms with Gasteiger partial charge in [0.15, 0.2) is 0 Å². The quantitative estimate of drug-likeness (QED) is 0.859. The van der Waals surface area contributed by atoms with Gasteiger partial charge in [-0.15, -0.1) is 0 Å². The Morgan fingerprint density at radius 2 is 2.00 bits per heavy atom. The maximum atomic E-state index is 12.0. The fraction of sp³-hybridized carbons (Fsp3) is 0.533. The molecule has 0 bridgehead atoms. The van der Waals surface area contributed by atoms with E-state index in [-0.39, 0.29) is 11.7 Å². The lowest BCUT2D eigenvalue weighted by Gasteiger charge is -2.47. The Balaban J connectivity index is 1.49. The summed E-state index contributed by atoms with van der Waals surface area (Å²) in [4.78, 5) is 13.7. The minimum atomic E-state index is -0.607. The number of β-amino-alcohol motifs (C(OH)–C–C–N with tert-alkyl or cyclic N) is 1. The van der Waals surface area contributed by atoms with Gasteiger partial charge in [-0.3, -0.25) is 4.79 Å². The summed E-state index contributed by atoms with van der Waals surface area (Å²) in [7, 11) is 0. The van der Waals surface area contributed by atoms with E-state index in [9.17, 15) is 15.0 Å². The molecule has 1 saturated carbocycles. The van der Waals surface area contributed by atoms with Crippen LogP contribution in [-0.2, 0) is 11.2 Å². The minimum absolute atomic E-state index is 0.0635. The van der Waals surface area contributed by atoms with Crippen LogP contribution in [0.3, 0.4) is 0 Å². The van der Waals surface area contributed by atoms with Crippen molar-refractivity contribution in [3.63, 3.8) is 0 Å². The van der Waals surface area contributed by atoms with Crippen molar-refractivity contribution in [1.82, 2.24) is 4.90 Å². The van der Waals surface area contributed by atoms with Crippen molar-refractivity contribution in [2.24, 2.45) is 5.92 Å². The van der Waals surface area contributed by atoms with Gasteiger partial charge in [-0.2, -0.15) is 0 Å². The number of carbonyl (C=O) groups excluding carboxylic acids is 1. The average Bonchev–Trinajstić information content (AvgIpc) is 3.18. The third-order valence-corrected chi connectivity index (χ3v) is 4.22. The highest BCUT2D eigenvalue weighted by molar-refractivity contribution is 5.77. The zero-order valence-electron chi connectivity index (χ0n) is 10.9. The van der Waals surface area contributed by atoms with E-state index in [4.69, 9.17) is 0 Å². The molecule has 1 saturated heterocycles. The molecule has 4 heteroatoms. The smallest absolute Gasteiger partial charge is 0.223 e. The molecule has 1 aromatic rings. The van der Waals surface area contributed by atoms with E-state index in [1.807, 2.05) is 12.1 Å². The molecule has 2 N–H and O–H groups in total. The van der Waals surface area contributed by atoms with Crippen molar-refractivity contribution in [3.8, 4) is 5.75 Å². The Labute approximate surface area is 112 Å². The van der Waals surface area contributed by atoms with Crippen LogP contribution in [0.2, 0.25) is 0 Å². The van der Waals surface area contributed by atoms with Gasteiger partial charge in [-0.25, -0.2) is 0 Å². The van der Waals surface area contributed by atoms with Crippen LogP contribution in [0.15, 0.2) is 24.3 Å². The number of benzene rings is 1. The zero-order chi connectivity index (χ0) is 13.5. The largest absolute Gasteiger partial charge is 0.508 e. The summed E-state index contributed by atoms with van der Waals surface area (Å²) in [5.74, 6) is 0.719. The molecule has 1 aliphatic heterocycles. The van der Waals surface area contributed by atoms with Crippen LogP contribution in [0.1, 0.15) is 24.8 Å². The number of para-hydroxylation sites is 1. The van der Waals surface area contributed by atoms with Gasteiger partial charge in [-0.1, -0.05) is 18.2 Å². The van der Waals surface area contributed by atoms with Gasteiger partial charge < -0.3 is 15.1 Å². The number of aryl methyl sites for hydroxylation is 1. The van der Waals surface area contributed by atoms with Crippen molar-refractivity contribution in [2.75, 3.05) is 13.1 Å². The highest BCUT2D eigenvalue weighted by Crippen LogP contribution is 2.44. The van der Waals surface area contributed by atoms with Gasteiger partial charge in [0.05, 0.1) is 13.1 Å². The number of likely N-dealkylation sites (tertiary alicyclic amines) is 1. The van der Waals surface area contributed by atoms with Gasteiger partial charge in [0.1, 0.15) is 11.4 Å². The molecule has 0 aromatic heterocycles. The van der Waals surface area contributed by atoms with Crippen molar-refractivity contribution in [3.05, 3.63) is 29.8 Å². The lowest BCUT2D eigenvalue weighted by Crippen LogP contribution is -2.64. The van der Waals surface area contributed by atoms with Crippen LogP contribution < -0.4 is 0 Å². The number of aromatic hydroxyl groups is 1. The topological polar surface area (TPSA) is 60.8 Å². The van der Waals surface area contributed by atoms with Crippen LogP contribution >= 0.6 is 0 Å². The Morgan fingerprint density at radius 1 is 1.32 bits per heavy atom. The van der Waals surface area contributed by atoms with E-state index in [2.05, 4.69) is 0 Å². The van der Waals surface area contributed by atoms with Crippen molar-refractivity contribution >= 4 is 5.91 Å². The number of hydrogen-bond donors (Lipinski definition) is 2. The monoisotopic (exact) mass is 261 g/mol. The molecular formula is C15H19NO3. The second-order valence-corrected chi connectivity index (χ2v) is 5.76. The van der Waals surface area contributed by atoms with Gasteiger partial charge in [-0.05, 0) is 36.8 Å². The molecule has 0 atom stereocenters. The number of aliphatic hydroxyl groups is 1. The molecule has 1 heterocycles. The maximum Gasteiger partial charge on any atom is 0.223 e. The molecule has 0 radical (unpaired) electrons. The van der Waals surface area contributed by atoms with Gasteiger partial charge >= 0.3 is 0 Å². The summed E-state index contributed by atoms with van der Waals surface area (Å²) >= 11 is 0. The first-order chi connectivity index (χ1) is 9.08. The molecular weight excluding hydrogens is 242 g/mol. The summed E-state index contributed by atoms with van der Waals surface area (Å²) in [6, 6.07) is 7.09. The SMILES string of the molecule is O=C(CCc1ccccc1O)N1CC(O)(C2CC2)C1. The highest BCUT2D eigenvalue weighted by atomic mass is 16.3. The third kappa shape index (κ3) is 2.45. The minimum Gasteiger partial charge on any atom is -0.508 e. The molecule has 19 heavy (non-hydrogen) atoms. The number of carbonyl (C=O) groups is 1. The molecule has 0 spiro atoms. The van der Waals surface area contributed by atoms with Gasteiger partial charge in [0, 0.05) is 6.42 Å². The van der Waals surface area contributed by atoms with Crippen LogP contribution in [0, 0.1) is 5.92 Å². The molecule has 3 rings (SSSR count). The van der Waals surface area contributed by atoms with E-state index < -0.39 is 5.60 Å². The van der Waals surface area contributed by atoms with Crippen LogP contribution in [0.5, 0.6) is 5.75 Å². The Bertz CT molecular complexity index is 490. The average molecular weight is 261 g/mol. The molecule has 2 aliphatic rings. The van der Waals surface area contributed by atoms with Gasteiger partial charge in [0.2, 0.25) is 5.91 Å². The number of nitrogens with zero attached hydrogens (tertiary/aromatic N) is 1. The van der Waals surface area contributed by atoms with Crippen LogP contribution in [0.4, 0.5) is 0 Å². The first kappa shape index (κ1) is 12.5. The lowest BCUT2D eigenvalue weighted by atomic mass is 9.88. The number of hydrogen-bond acceptors (Lipinski definition) is 3. The van der Waals surface area contributed by atoms with E-state index in [0.717, 1.165) is 18.4 Å². The summed E-state index contributed by atoms with van der Waals surface area (Å²) < 4.78 is 0. The second kappa shape index (κ2) is 4.53. The second-order valence-electron chi connectivity index (χ2n) is 5.76. The standard InChI is InChI=1S/C15H19NO3/c17-13-4-2-1-3-11(13)5-8-14(18)16-9-15(19,10-16)12-6-7-12/h1-4,12,17,19H,5-10H2. The number of amides is 1. The predicted octanol–water partition coefficient (Wildman–Crippen LogP) is 1.31. The Hall–Kier alpha value is -1.55. The molecule has 0 unspecified atom stereocenters. The zero-order valence-corrected chi connectivity index (χ0v) is 10.9. The van der Waals surface area contributed by atoms with E-state index in [1.165, 1.54) is 0 Å². The van der Waals surface area contributed by atoms with Gasteiger partial charge in [0.25, 0.3) is 0 Å². The normalized spacial score (nSPS) is 21.0. The summed E-state index contributed by atoms with van der Waals surface area (Å²) in [6.45, 7) is 0.967. The van der Waals surface area contributed by atoms with E-state index in [0.29, 0.717) is 31.8 Å². The number of phenolic OH excluding ortho intramolecular Hbond substituents is 1. The molecule has 1 amide bonds. The third-order valence-electron chi connectivity index (χ3n) is 4.22. The van der Waals surface area contributed by atoms with Crippen LogP contribution in [0.25, 0.3) is 0 Å².